The zero-order valence-electron chi connectivity index (χ0n) is 12.6. The Kier molecular flexibility index (Phi) is 4.47. The van der Waals surface area contributed by atoms with Gasteiger partial charge < -0.3 is 11.2 Å². The Morgan fingerprint density at radius 3 is 2.87 bits per heavy atom. The SMILES string of the molecule is C[C@@H](NC(=O)CSc1nncn1N)c1cccc2ccccc12. The monoisotopic (exact) mass is 327 g/mol. The van der Waals surface area contributed by atoms with Gasteiger partial charge in [-0.3, -0.25) is 4.79 Å². The summed E-state index contributed by atoms with van der Waals surface area (Å²) in [6.45, 7) is 1.98. The molecule has 23 heavy (non-hydrogen) atoms. The first-order chi connectivity index (χ1) is 11.1. The van der Waals surface area contributed by atoms with Gasteiger partial charge in [0, 0.05) is 0 Å². The quantitative estimate of drug-likeness (QED) is 0.554. The van der Waals surface area contributed by atoms with Gasteiger partial charge in [0.05, 0.1) is 11.8 Å². The molecule has 0 unspecified atom stereocenters. The highest BCUT2D eigenvalue weighted by atomic mass is 32.2. The van der Waals surface area contributed by atoms with Gasteiger partial charge in [-0.2, -0.15) is 0 Å². The van der Waals surface area contributed by atoms with Crippen molar-refractivity contribution in [2.75, 3.05) is 11.6 Å². The number of carbonyl (C=O) groups excluding carboxylic acids is 1. The van der Waals surface area contributed by atoms with Crippen molar-refractivity contribution in [1.29, 1.82) is 0 Å². The van der Waals surface area contributed by atoms with Crippen LogP contribution in [0.2, 0.25) is 0 Å². The molecular formula is C16H17N5OS. The van der Waals surface area contributed by atoms with Gasteiger partial charge in [-0.25, -0.2) is 4.68 Å². The van der Waals surface area contributed by atoms with E-state index < -0.39 is 0 Å². The number of fused-ring (bicyclic) bond motifs is 1. The molecule has 0 saturated heterocycles. The Balaban J connectivity index is 1.67. The summed E-state index contributed by atoms with van der Waals surface area (Å²) in [7, 11) is 0. The van der Waals surface area contributed by atoms with Gasteiger partial charge in [-0.1, -0.05) is 54.2 Å². The molecule has 3 aromatic rings. The van der Waals surface area contributed by atoms with Crippen LogP contribution in [-0.4, -0.2) is 26.5 Å². The number of carbonyl (C=O) groups is 1. The van der Waals surface area contributed by atoms with Crippen LogP contribution >= 0.6 is 11.8 Å². The van der Waals surface area contributed by atoms with E-state index in [0.717, 1.165) is 16.3 Å². The fourth-order valence-electron chi connectivity index (χ4n) is 2.45. The zero-order chi connectivity index (χ0) is 16.2. The lowest BCUT2D eigenvalue weighted by molar-refractivity contribution is -0.119. The standard InChI is InChI=1S/C16H17N5OS/c1-11(13-8-4-6-12-5-2-3-7-14(12)13)19-15(22)9-23-16-20-18-10-21(16)17/h2-8,10-11H,9,17H2,1H3,(H,19,22)/t11-/m1/s1. The molecule has 1 amide bonds. The van der Waals surface area contributed by atoms with Crippen LogP contribution in [0.15, 0.2) is 53.9 Å². The van der Waals surface area contributed by atoms with Crippen LogP contribution in [0.3, 0.4) is 0 Å². The molecule has 0 fully saturated rings. The maximum Gasteiger partial charge on any atom is 0.230 e. The lowest BCUT2D eigenvalue weighted by Crippen LogP contribution is -2.28. The fraction of sp³-hybridized carbons (Fsp3) is 0.188. The molecule has 6 nitrogen and oxygen atoms in total. The lowest BCUT2D eigenvalue weighted by Gasteiger charge is -2.16. The molecule has 0 bridgehead atoms. The molecule has 2 aromatic carbocycles. The van der Waals surface area contributed by atoms with E-state index in [9.17, 15) is 4.79 Å². The van der Waals surface area contributed by atoms with Crippen molar-refractivity contribution in [3.63, 3.8) is 0 Å². The summed E-state index contributed by atoms with van der Waals surface area (Å²) in [5.74, 6) is 5.79. The van der Waals surface area contributed by atoms with Crippen molar-refractivity contribution < 1.29 is 4.79 Å². The van der Waals surface area contributed by atoms with Gasteiger partial charge in [-0.15, -0.1) is 10.2 Å². The van der Waals surface area contributed by atoms with Crippen molar-refractivity contribution in [2.45, 2.75) is 18.1 Å². The smallest absolute Gasteiger partial charge is 0.230 e. The van der Waals surface area contributed by atoms with E-state index in [4.69, 9.17) is 5.84 Å². The molecule has 0 radical (unpaired) electrons. The number of benzene rings is 2. The largest absolute Gasteiger partial charge is 0.349 e. The molecule has 0 aliphatic heterocycles. The van der Waals surface area contributed by atoms with E-state index in [1.165, 1.54) is 22.8 Å². The van der Waals surface area contributed by atoms with Crippen LogP contribution in [0, 0.1) is 0 Å². The highest BCUT2D eigenvalue weighted by Crippen LogP contribution is 2.24. The number of hydrogen-bond donors (Lipinski definition) is 2. The number of nitrogen functional groups attached to an aromatic ring is 1. The van der Waals surface area contributed by atoms with E-state index in [1.807, 2.05) is 31.2 Å². The first-order valence-electron chi connectivity index (χ1n) is 7.20. The fourth-order valence-corrected chi connectivity index (χ4v) is 3.10. The highest BCUT2D eigenvalue weighted by Gasteiger charge is 2.13. The molecule has 0 aliphatic carbocycles. The summed E-state index contributed by atoms with van der Waals surface area (Å²) < 4.78 is 1.30. The summed E-state index contributed by atoms with van der Waals surface area (Å²) in [5, 5.41) is 13.4. The Bertz CT molecular complexity index is 827. The van der Waals surface area contributed by atoms with Crippen molar-refractivity contribution >= 4 is 28.4 Å². The summed E-state index contributed by atoms with van der Waals surface area (Å²) in [6.07, 6.45) is 1.40. The maximum absolute atomic E-state index is 12.1. The lowest BCUT2D eigenvalue weighted by atomic mass is 10.00. The van der Waals surface area contributed by atoms with E-state index in [0.29, 0.717) is 5.16 Å². The number of nitrogens with one attached hydrogen (secondary N) is 1. The van der Waals surface area contributed by atoms with E-state index in [-0.39, 0.29) is 17.7 Å². The molecular weight excluding hydrogens is 310 g/mol. The number of nitrogens with zero attached hydrogens (tertiary/aromatic N) is 3. The van der Waals surface area contributed by atoms with Crippen LogP contribution < -0.4 is 11.2 Å². The predicted octanol–water partition coefficient (Wildman–Crippen LogP) is 2.11. The number of amides is 1. The molecule has 0 spiro atoms. The Labute approximate surface area is 138 Å². The minimum absolute atomic E-state index is 0.0709. The summed E-state index contributed by atoms with van der Waals surface area (Å²) in [4.78, 5) is 12.1. The van der Waals surface area contributed by atoms with Gasteiger partial charge in [0.25, 0.3) is 0 Å². The second kappa shape index (κ2) is 6.70. The van der Waals surface area contributed by atoms with Crippen molar-refractivity contribution in [3.8, 4) is 0 Å². The number of hydrogen-bond acceptors (Lipinski definition) is 5. The summed E-state index contributed by atoms with van der Waals surface area (Å²) >= 11 is 1.25. The van der Waals surface area contributed by atoms with Gasteiger partial charge >= 0.3 is 0 Å². The van der Waals surface area contributed by atoms with E-state index in [2.05, 4.69) is 33.7 Å². The minimum atomic E-state index is -0.0788. The Morgan fingerprint density at radius 1 is 1.30 bits per heavy atom. The molecule has 1 atom stereocenters. The average molecular weight is 327 g/mol. The predicted molar refractivity (Wildman–Crippen MR) is 91.4 cm³/mol. The van der Waals surface area contributed by atoms with Crippen molar-refractivity contribution in [1.82, 2.24) is 20.2 Å². The van der Waals surface area contributed by atoms with Crippen LogP contribution in [-0.2, 0) is 4.79 Å². The second-order valence-corrected chi connectivity index (χ2v) is 6.11. The normalized spacial score (nSPS) is 12.2. The minimum Gasteiger partial charge on any atom is -0.349 e. The average Bonchev–Trinajstić information content (AvgIpc) is 2.97. The van der Waals surface area contributed by atoms with Gasteiger partial charge in [0.1, 0.15) is 6.33 Å². The number of aromatic nitrogens is 3. The molecule has 3 rings (SSSR count). The van der Waals surface area contributed by atoms with Gasteiger partial charge in [0.15, 0.2) is 0 Å². The molecule has 1 aromatic heterocycles. The van der Waals surface area contributed by atoms with Crippen molar-refractivity contribution in [2.24, 2.45) is 0 Å². The first-order valence-corrected chi connectivity index (χ1v) is 8.18. The summed E-state index contributed by atoms with van der Waals surface area (Å²) in [6, 6.07) is 14.2. The van der Waals surface area contributed by atoms with E-state index in [1.54, 1.807) is 0 Å². The van der Waals surface area contributed by atoms with Crippen LogP contribution in [0.1, 0.15) is 18.5 Å². The van der Waals surface area contributed by atoms with Crippen LogP contribution in [0.5, 0.6) is 0 Å². The van der Waals surface area contributed by atoms with E-state index >= 15 is 0 Å². The van der Waals surface area contributed by atoms with Gasteiger partial charge in [0.2, 0.25) is 11.1 Å². The third-order valence-corrected chi connectivity index (χ3v) is 4.50. The Hall–Kier alpha value is -2.54. The topological polar surface area (TPSA) is 85.8 Å². The maximum atomic E-state index is 12.1. The summed E-state index contributed by atoms with van der Waals surface area (Å²) in [5.41, 5.74) is 1.10. The third-order valence-electron chi connectivity index (χ3n) is 3.54. The number of thioether (sulfide) groups is 1. The van der Waals surface area contributed by atoms with Crippen LogP contribution in [0.4, 0.5) is 0 Å². The number of nitrogens with two attached hydrogens (primary N) is 1. The molecule has 118 valence electrons. The third kappa shape index (κ3) is 3.45. The molecule has 3 N–H and O–H groups in total. The zero-order valence-corrected chi connectivity index (χ0v) is 13.5. The molecule has 0 aliphatic rings. The molecule has 0 saturated carbocycles. The second-order valence-electron chi connectivity index (χ2n) is 5.17. The highest BCUT2D eigenvalue weighted by molar-refractivity contribution is 7.99. The Morgan fingerprint density at radius 2 is 2.09 bits per heavy atom. The van der Waals surface area contributed by atoms with Crippen LogP contribution in [0.25, 0.3) is 10.8 Å². The van der Waals surface area contributed by atoms with Crippen molar-refractivity contribution in [3.05, 3.63) is 54.4 Å². The molecule has 7 heteroatoms. The first kappa shape index (κ1) is 15.4. The number of rotatable bonds is 5. The molecule has 1 heterocycles. The van der Waals surface area contributed by atoms with Gasteiger partial charge in [-0.05, 0) is 23.3 Å².